The van der Waals surface area contributed by atoms with E-state index in [2.05, 4.69) is 20.1 Å². The molecule has 1 fully saturated rings. The van der Waals surface area contributed by atoms with E-state index in [1.807, 2.05) is 49.4 Å². The van der Waals surface area contributed by atoms with Crippen molar-refractivity contribution in [2.24, 2.45) is 0 Å². The SMILES string of the molecule is C[C@@H](Oc1ccc2[nH]nc(-c3ccc(N4CCS(=N)(=O)CC4)cc3)c2c1)c1c(Cl)cncc1Cl. The summed E-state index contributed by atoms with van der Waals surface area (Å²) in [7, 11) is -2.41. The second kappa shape index (κ2) is 9.09. The van der Waals surface area contributed by atoms with Gasteiger partial charge in [-0.1, -0.05) is 35.3 Å². The molecule has 1 atom stereocenters. The Morgan fingerprint density at radius 2 is 1.76 bits per heavy atom. The van der Waals surface area contributed by atoms with Crippen LogP contribution in [0.1, 0.15) is 18.6 Å². The molecule has 3 heterocycles. The number of aromatic nitrogens is 3. The second-order valence-electron chi connectivity index (χ2n) is 8.31. The number of nitrogens with one attached hydrogen (secondary N) is 2. The van der Waals surface area contributed by atoms with E-state index < -0.39 is 9.73 Å². The van der Waals surface area contributed by atoms with E-state index >= 15 is 0 Å². The van der Waals surface area contributed by atoms with Gasteiger partial charge < -0.3 is 9.64 Å². The smallest absolute Gasteiger partial charge is 0.124 e. The van der Waals surface area contributed by atoms with Crippen LogP contribution in [0.4, 0.5) is 5.69 Å². The predicted octanol–water partition coefficient (Wildman–Crippen LogP) is 5.94. The third kappa shape index (κ3) is 4.58. The molecular formula is C24H23Cl2N5O2S. The number of fused-ring (bicyclic) bond motifs is 1. The van der Waals surface area contributed by atoms with Gasteiger partial charge in [0.2, 0.25) is 0 Å². The first-order chi connectivity index (χ1) is 16.3. The highest BCUT2D eigenvalue weighted by molar-refractivity contribution is 7.92. The normalized spacial score (nSPS) is 16.5. The van der Waals surface area contributed by atoms with Crippen molar-refractivity contribution in [1.29, 1.82) is 4.78 Å². The molecule has 1 saturated heterocycles. The monoisotopic (exact) mass is 515 g/mol. The van der Waals surface area contributed by atoms with Gasteiger partial charge in [-0.05, 0) is 37.3 Å². The van der Waals surface area contributed by atoms with Gasteiger partial charge in [-0.3, -0.25) is 14.9 Å². The molecule has 4 aromatic rings. The highest BCUT2D eigenvalue weighted by Crippen LogP contribution is 2.35. The number of halogens is 2. The Balaban J connectivity index is 1.39. The molecule has 0 amide bonds. The average molecular weight is 516 g/mol. The zero-order valence-corrected chi connectivity index (χ0v) is 20.8. The summed E-state index contributed by atoms with van der Waals surface area (Å²) in [6.07, 6.45) is 2.75. The Hall–Kier alpha value is -2.81. The van der Waals surface area contributed by atoms with E-state index in [1.54, 1.807) is 12.4 Å². The topological polar surface area (TPSA) is 95.0 Å². The Morgan fingerprint density at radius 3 is 2.44 bits per heavy atom. The van der Waals surface area contributed by atoms with Gasteiger partial charge in [0, 0.05) is 68.9 Å². The van der Waals surface area contributed by atoms with Crippen LogP contribution in [0.3, 0.4) is 0 Å². The molecule has 34 heavy (non-hydrogen) atoms. The summed E-state index contributed by atoms with van der Waals surface area (Å²) in [6, 6.07) is 13.9. The van der Waals surface area contributed by atoms with Crippen LogP contribution in [0.2, 0.25) is 10.0 Å². The fourth-order valence-corrected chi connectivity index (χ4v) is 6.08. The first-order valence-corrected chi connectivity index (χ1v) is 13.5. The Labute approximate surface area is 208 Å². The lowest BCUT2D eigenvalue weighted by atomic mass is 10.1. The average Bonchev–Trinajstić information content (AvgIpc) is 3.22. The van der Waals surface area contributed by atoms with Crippen LogP contribution >= 0.6 is 23.2 Å². The van der Waals surface area contributed by atoms with Gasteiger partial charge in [0.1, 0.15) is 17.5 Å². The molecule has 0 aliphatic carbocycles. The lowest BCUT2D eigenvalue weighted by molar-refractivity contribution is 0.227. The van der Waals surface area contributed by atoms with Crippen molar-refractivity contribution in [3.8, 4) is 17.0 Å². The van der Waals surface area contributed by atoms with Crippen LogP contribution in [-0.2, 0) is 9.73 Å². The summed E-state index contributed by atoms with van der Waals surface area (Å²) in [6.45, 7) is 3.17. The zero-order valence-electron chi connectivity index (χ0n) is 18.4. The second-order valence-corrected chi connectivity index (χ2v) is 11.6. The molecule has 0 bridgehead atoms. The molecule has 176 valence electrons. The first-order valence-electron chi connectivity index (χ1n) is 10.8. The van der Waals surface area contributed by atoms with Crippen LogP contribution in [0.25, 0.3) is 22.2 Å². The van der Waals surface area contributed by atoms with Crippen molar-refractivity contribution < 1.29 is 8.95 Å². The molecule has 7 nitrogen and oxygen atoms in total. The molecule has 10 heteroatoms. The Kier molecular flexibility index (Phi) is 6.14. The van der Waals surface area contributed by atoms with Gasteiger partial charge in [0.05, 0.1) is 15.6 Å². The van der Waals surface area contributed by atoms with Crippen LogP contribution in [0.15, 0.2) is 54.9 Å². The van der Waals surface area contributed by atoms with Crippen molar-refractivity contribution in [2.75, 3.05) is 29.5 Å². The van der Waals surface area contributed by atoms with Gasteiger partial charge in [0.25, 0.3) is 0 Å². The highest BCUT2D eigenvalue weighted by atomic mass is 35.5. The number of rotatable bonds is 5. The molecule has 0 spiro atoms. The largest absolute Gasteiger partial charge is 0.486 e. The number of anilines is 1. The van der Waals surface area contributed by atoms with Crippen LogP contribution in [-0.4, -0.2) is 44.0 Å². The maximum atomic E-state index is 11.9. The van der Waals surface area contributed by atoms with Crippen molar-refractivity contribution in [3.05, 3.63) is 70.5 Å². The third-order valence-electron chi connectivity index (χ3n) is 6.03. The van der Waals surface area contributed by atoms with Gasteiger partial charge >= 0.3 is 0 Å². The fraction of sp³-hybridized carbons (Fsp3) is 0.250. The highest BCUT2D eigenvalue weighted by Gasteiger charge is 2.20. The molecule has 0 radical (unpaired) electrons. The van der Waals surface area contributed by atoms with Crippen molar-refractivity contribution >= 4 is 49.5 Å². The Bertz CT molecular complexity index is 1420. The third-order valence-corrected chi connectivity index (χ3v) is 8.32. The van der Waals surface area contributed by atoms with Gasteiger partial charge in [0.15, 0.2) is 0 Å². The number of ether oxygens (including phenoxy) is 1. The standard InChI is InChI=1S/C24H23Cl2N5O2S/c1-15(23-20(25)13-28-14-21(23)26)33-18-6-7-22-19(12-18)24(30-29-22)16-2-4-17(5-3-16)31-8-10-34(27,32)11-9-31/h2-7,12-15,27H,8-11H2,1H3,(H,29,30)/t15-/m1/s1. The van der Waals surface area contributed by atoms with Crippen molar-refractivity contribution in [2.45, 2.75) is 13.0 Å². The molecule has 1 aliphatic heterocycles. The predicted molar refractivity (Wildman–Crippen MR) is 138 cm³/mol. The van der Waals surface area contributed by atoms with Gasteiger partial charge in [-0.25, -0.2) is 4.21 Å². The molecule has 2 N–H and O–H groups in total. The van der Waals surface area contributed by atoms with Gasteiger partial charge in [-0.15, -0.1) is 0 Å². The van der Waals surface area contributed by atoms with Gasteiger partial charge in [-0.2, -0.15) is 5.10 Å². The number of H-pyrrole nitrogens is 1. The molecule has 2 aromatic carbocycles. The van der Waals surface area contributed by atoms with E-state index in [1.165, 1.54) is 0 Å². The number of nitrogens with zero attached hydrogens (tertiary/aromatic N) is 3. The minimum atomic E-state index is -2.41. The summed E-state index contributed by atoms with van der Waals surface area (Å²) in [5, 5.41) is 9.48. The number of benzene rings is 2. The maximum absolute atomic E-state index is 11.9. The minimum absolute atomic E-state index is 0.363. The molecular weight excluding hydrogens is 493 g/mol. The van der Waals surface area contributed by atoms with E-state index in [-0.39, 0.29) is 6.10 Å². The van der Waals surface area contributed by atoms with Crippen LogP contribution < -0.4 is 9.64 Å². The van der Waals surface area contributed by atoms with Crippen LogP contribution in [0.5, 0.6) is 5.75 Å². The first kappa shape index (κ1) is 23.0. The minimum Gasteiger partial charge on any atom is -0.486 e. The maximum Gasteiger partial charge on any atom is 0.124 e. The fourth-order valence-electron chi connectivity index (χ4n) is 4.18. The summed E-state index contributed by atoms with van der Waals surface area (Å²) >= 11 is 12.6. The van der Waals surface area contributed by atoms with Crippen LogP contribution in [0, 0.1) is 4.78 Å². The number of aromatic amines is 1. The van der Waals surface area contributed by atoms with E-state index in [0.29, 0.717) is 46.0 Å². The molecule has 5 rings (SSSR count). The molecule has 0 unspecified atom stereocenters. The lowest BCUT2D eigenvalue weighted by Crippen LogP contribution is -2.39. The summed E-state index contributed by atoms with van der Waals surface area (Å²) in [4.78, 5) is 6.17. The van der Waals surface area contributed by atoms with Crippen molar-refractivity contribution in [3.63, 3.8) is 0 Å². The summed E-state index contributed by atoms with van der Waals surface area (Å²) in [5.74, 6) is 1.50. The number of hydrogen-bond donors (Lipinski definition) is 2. The molecule has 0 saturated carbocycles. The van der Waals surface area contributed by atoms with E-state index in [9.17, 15) is 4.21 Å². The number of hydrogen-bond acceptors (Lipinski definition) is 6. The van der Waals surface area contributed by atoms with E-state index in [0.717, 1.165) is 27.8 Å². The molecule has 1 aliphatic rings. The zero-order chi connectivity index (χ0) is 23.9. The summed E-state index contributed by atoms with van der Waals surface area (Å²) in [5.41, 5.74) is 4.46. The lowest BCUT2D eigenvalue weighted by Gasteiger charge is -2.30. The number of pyridine rings is 1. The Morgan fingerprint density at radius 1 is 1.09 bits per heavy atom. The quantitative estimate of drug-likeness (QED) is 0.343. The summed E-state index contributed by atoms with van der Waals surface area (Å²) < 4.78 is 25.9. The molecule has 2 aromatic heterocycles. The van der Waals surface area contributed by atoms with E-state index in [4.69, 9.17) is 32.7 Å². The van der Waals surface area contributed by atoms with Crippen molar-refractivity contribution in [1.82, 2.24) is 15.2 Å².